The van der Waals surface area contributed by atoms with Crippen LogP contribution in [0.4, 0.5) is 11.4 Å². The molecule has 0 aliphatic rings. The molecule has 0 bridgehead atoms. The number of ketones is 1. The third-order valence-corrected chi connectivity index (χ3v) is 3.39. The van der Waals surface area contributed by atoms with Crippen molar-refractivity contribution in [2.45, 2.75) is 20.8 Å². The number of Topliss-reactive ketones (excluding diaryl/α,β-unsaturated/α-hetero) is 1. The Morgan fingerprint density at radius 3 is 2.55 bits per heavy atom. The van der Waals surface area contributed by atoms with Crippen LogP contribution >= 0.6 is 0 Å². The number of rotatable bonds is 5. The summed E-state index contributed by atoms with van der Waals surface area (Å²) in [5.74, 6) is -0.175. The van der Waals surface area contributed by atoms with Gasteiger partial charge >= 0.3 is 0 Å². The van der Waals surface area contributed by atoms with Crippen molar-refractivity contribution in [2.24, 2.45) is 0 Å². The molecule has 0 radical (unpaired) electrons. The van der Waals surface area contributed by atoms with Gasteiger partial charge in [0.25, 0.3) is 0 Å². The summed E-state index contributed by atoms with van der Waals surface area (Å²) in [5.41, 5.74) is 4.40. The van der Waals surface area contributed by atoms with E-state index in [1.807, 2.05) is 32.0 Å². The number of aryl methyl sites for hydroxylation is 2. The van der Waals surface area contributed by atoms with Crippen LogP contribution in [0.15, 0.2) is 42.5 Å². The molecule has 4 nitrogen and oxygen atoms in total. The Bertz CT molecular complexity index is 708. The van der Waals surface area contributed by atoms with Crippen LogP contribution in [0.25, 0.3) is 0 Å². The summed E-state index contributed by atoms with van der Waals surface area (Å²) in [4.78, 5) is 23.3. The van der Waals surface area contributed by atoms with Crippen LogP contribution < -0.4 is 10.6 Å². The normalized spacial score (nSPS) is 10.1. The zero-order valence-electron chi connectivity index (χ0n) is 13.1. The van der Waals surface area contributed by atoms with E-state index in [4.69, 9.17) is 0 Å². The van der Waals surface area contributed by atoms with Gasteiger partial charge in [-0.05, 0) is 50.1 Å². The minimum atomic E-state index is -0.151. The first kappa shape index (κ1) is 15.8. The Labute approximate surface area is 130 Å². The van der Waals surface area contributed by atoms with E-state index in [2.05, 4.69) is 10.6 Å². The first-order valence-corrected chi connectivity index (χ1v) is 7.17. The minimum Gasteiger partial charge on any atom is -0.376 e. The van der Waals surface area contributed by atoms with Crippen molar-refractivity contribution >= 4 is 23.1 Å². The largest absolute Gasteiger partial charge is 0.376 e. The van der Waals surface area contributed by atoms with Gasteiger partial charge in [-0.1, -0.05) is 24.3 Å². The molecule has 2 N–H and O–H groups in total. The van der Waals surface area contributed by atoms with Gasteiger partial charge in [-0.3, -0.25) is 9.59 Å². The molecule has 4 heteroatoms. The van der Waals surface area contributed by atoms with Crippen molar-refractivity contribution in [2.75, 3.05) is 17.2 Å². The van der Waals surface area contributed by atoms with Crippen molar-refractivity contribution in [3.05, 3.63) is 59.2 Å². The number of anilines is 2. The fraction of sp³-hybridized carbons (Fsp3) is 0.222. The smallest absolute Gasteiger partial charge is 0.243 e. The first-order chi connectivity index (χ1) is 10.5. The average molecular weight is 296 g/mol. The quantitative estimate of drug-likeness (QED) is 0.829. The molecule has 114 valence electrons. The predicted molar refractivity (Wildman–Crippen MR) is 89.5 cm³/mol. The number of amides is 1. The summed E-state index contributed by atoms with van der Waals surface area (Å²) >= 11 is 0. The molecule has 0 aliphatic heterocycles. The minimum absolute atomic E-state index is 0.0235. The van der Waals surface area contributed by atoms with Gasteiger partial charge in [0.15, 0.2) is 5.78 Å². The highest BCUT2D eigenvalue weighted by Gasteiger charge is 2.06. The SMILES string of the molecule is CC(=O)c1cccc(NC(=O)CNc2cc(C)ccc2C)c1. The van der Waals surface area contributed by atoms with Gasteiger partial charge in [-0.25, -0.2) is 0 Å². The van der Waals surface area contributed by atoms with E-state index >= 15 is 0 Å². The Balaban J connectivity index is 1.97. The fourth-order valence-electron chi connectivity index (χ4n) is 2.12. The highest BCUT2D eigenvalue weighted by molar-refractivity contribution is 5.98. The van der Waals surface area contributed by atoms with Crippen LogP contribution in [0.5, 0.6) is 0 Å². The van der Waals surface area contributed by atoms with Crippen LogP contribution in [-0.4, -0.2) is 18.2 Å². The van der Waals surface area contributed by atoms with E-state index in [-0.39, 0.29) is 18.2 Å². The lowest BCUT2D eigenvalue weighted by atomic mass is 10.1. The van der Waals surface area contributed by atoms with Crippen molar-refractivity contribution in [3.63, 3.8) is 0 Å². The maximum atomic E-state index is 12.0. The van der Waals surface area contributed by atoms with Crippen LogP contribution in [-0.2, 0) is 4.79 Å². The van der Waals surface area contributed by atoms with Gasteiger partial charge in [-0.2, -0.15) is 0 Å². The Hall–Kier alpha value is -2.62. The lowest BCUT2D eigenvalue weighted by molar-refractivity contribution is -0.114. The van der Waals surface area contributed by atoms with E-state index in [9.17, 15) is 9.59 Å². The summed E-state index contributed by atoms with van der Waals surface area (Å²) < 4.78 is 0. The zero-order valence-corrected chi connectivity index (χ0v) is 13.1. The number of hydrogen-bond acceptors (Lipinski definition) is 3. The van der Waals surface area contributed by atoms with Gasteiger partial charge < -0.3 is 10.6 Å². The molecule has 0 aliphatic carbocycles. The van der Waals surface area contributed by atoms with Crippen LogP contribution in [0.2, 0.25) is 0 Å². The Morgan fingerprint density at radius 1 is 1.05 bits per heavy atom. The van der Waals surface area contributed by atoms with E-state index < -0.39 is 0 Å². The highest BCUT2D eigenvalue weighted by Crippen LogP contribution is 2.16. The van der Waals surface area contributed by atoms with Crippen LogP contribution in [0.3, 0.4) is 0 Å². The summed E-state index contributed by atoms with van der Waals surface area (Å²) in [6, 6.07) is 13.0. The average Bonchev–Trinajstić information content (AvgIpc) is 2.48. The Kier molecular flexibility index (Phi) is 4.94. The van der Waals surface area contributed by atoms with Crippen LogP contribution in [0.1, 0.15) is 28.4 Å². The molecule has 2 rings (SSSR count). The molecule has 2 aromatic carbocycles. The molecule has 0 heterocycles. The maximum absolute atomic E-state index is 12.0. The molecule has 1 amide bonds. The molecule has 0 unspecified atom stereocenters. The van der Waals surface area contributed by atoms with Gasteiger partial charge in [0, 0.05) is 16.9 Å². The topological polar surface area (TPSA) is 58.2 Å². The third-order valence-electron chi connectivity index (χ3n) is 3.39. The van der Waals surface area contributed by atoms with Gasteiger partial charge in [-0.15, -0.1) is 0 Å². The number of nitrogens with one attached hydrogen (secondary N) is 2. The van der Waals surface area contributed by atoms with E-state index in [0.29, 0.717) is 11.3 Å². The fourth-order valence-corrected chi connectivity index (χ4v) is 2.12. The summed E-state index contributed by atoms with van der Waals surface area (Å²) in [7, 11) is 0. The summed E-state index contributed by atoms with van der Waals surface area (Å²) in [5, 5.41) is 5.92. The monoisotopic (exact) mass is 296 g/mol. The Morgan fingerprint density at radius 2 is 1.82 bits per heavy atom. The lowest BCUT2D eigenvalue weighted by Crippen LogP contribution is -2.22. The molecular formula is C18H20N2O2. The first-order valence-electron chi connectivity index (χ1n) is 7.17. The van der Waals surface area contributed by atoms with E-state index in [1.54, 1.807) is 24.3 Å². The number of hydrogen-bond donors (Lipinski definition) is 2. The standard InChI is InChI=1S/C18H20N2O2/c1-12-7-8-13(2)17(9-12)19-11-18(22)20-16-6-4-5-15(10-16)14(3)21/h4-10,19H,11H2,1-3H3,(H,20,22). The molecular weight excluding hydrogens is 276 g/mol. The second kappa shape index (κ2) is 6.89. The summed E-state index contributed by atoms with van der Waals surface area (Å²) in [6.45, 7) is 5.69. The second-order valence-corrected chi connectivity index (χ2v) is 5.36. The highest BCUT2D eigenvalue weighted by atomic mass is 16.2. The van der Waals surface area contributed by atoms with E-state index in [1.165, 1.54) is 6.92 Å². The number of carbonyl (C=O) groups excluding carboxylic acids is 2. The molecule has 2 aromatic rings. The van der Waals surface area contributed by atoms with Gasteiger partial charge in [0.2, 0.25) is 5.91 Å². The number of carbonyl (C=O) groups is 2. The molecule has 22 heavy (non-hydrogen) atoms. The molecule has 0 fully saturated rings. The second-order valence-electron chi connectivity index (χ2n) is 5.36. The van der Waals surface area contributed by atoms with Gasteiger partial charge in [0.05, 0.1) is 6.54 Å². The zero-order chi connectivity index (χ0) is 16.1. The molecule has 0 spiro atoms. The third kappa shape index (κ3) is 4.19. The van der Waals surface area contributed by atoms with Crippen molar-refractivity contribution in [1.82, 2.24) is 0 Å². The van der Waals surface area contributed by atoms with E-state index in [0.717, 1.165) is 16.8 Å². The van der Waals surface area contributed by atoms with Crippen molar-refractivity contribution < 1.29 is 9.59 Å². The molecule has 0 aromatic heterocycles. The lowest BCUT2D eigenvalue weighted by Gasteiger charge is -2.11. The maximum Gasteiger partial charge on any atom is 0.243 e. The van der Waals surface area contributed by atoms with Crippen molar-refractivity contribution in [3.8, 4) is 0 Å². The number of benzene rings is 2. The van der Waals surface area contributed by atoms with Gasteiger partial charge in [0.1, 0.15) is 0 Å². The van der Waals surface area contributed by atoms with Crippen LogP contribution in [0, 0.1) is 13.8 Å². The molecule has 0 saturated carbocycles. The molecule has 0 saturated heterocycles. The molecule has 0 atom stereocenters. The van der Waals surface area contributed by atoms with Crippen molar-refractivity contribution in [1.29, 1.82) is 0 Å². The predicted octanol–water partition coefficient (Wildman–Crippen LogP) is 3.56. The summed E-state index contributed by atoms with van der Waals surface area (Å²) in [6.07, 6.45) is 0.